The average molecular weight is 429 g/mol. The summed E-state index contributed by atoms with van der Waals surface area (Å²) < 4.78 is 16.9. The average Bonchev–Trinajstić information content (AvgIpc) is 3.10. The highest BCUT2D eigenvalue weighted by atomic mass is 79.9. The predicted molar refractivity (Wildman–Crippen MR) is 104 cm³/mol. The molecule has 1 aliphatic carbocycles. The van der Waals surface area contributed by atoms with Crippen molar-refractivity contribution in [3.05, 3.63) is 74.0 Å². The lowest BCUT2D eigenvalue weighted by Gasteiger charge is -2.10. The Labute approximate surface area is 164 Å². The van der Waals surface area contributed by atoms with E-state index in [2.05, 4.69) is 15.9 Å². The SMILES string of the molecule is O=C(COc1cccc(Br)c1)OCc1cc(=O)oc2cc3c(cc12)CCC3. The Morgan fingerprint density at radius 2 is 1.93 bits per heavy atom. The molecular weight excluding hydrogens is 412 g/mol. The monoisotopic (exact) mass is 428 g/mol. The van der Waals surface area contributed by atoms with Gasteiger partial charge in [-0.3, -0.25) is 0 Å². The van der Waals surface area contributed by atoms with Crippen LogP contribution in [0, 0.1) is 0 Å². The Balaban J connectivity index is 1.47. The van der Waals surface area contributed by atoms with Crippen LogP contribution >= 0.6 is 15.9 Å². The predicted octanol–water partition coefficient (Wildman–Crippen LogP) is 4.17. The van der Waals surface area contributed by atoms with Gasteiger partial charge in [0.2, 0.25) is 0 Å². The molecule has 0 saturated heterocycles. The van der Waals surface area contributed by atoms with Crippen LogP contribution in [0.15, 0.2) is 56.1 Å². The molecule has 0 fully saturated rings. The molecular formula is C21H17BrO5. The first-order chi connectivity index (χ1) is 13.1. The molecule has 6 heteroatoms. The van der Waals surface area contributed by atoms with Gasteiger partial charge < -0.3 is 13.9 Å². The molecule has 0 amide bonds. The number of aryl methyl sites for hydroxylation is 2. The second-order valence-corrected chi connectivity index (χ2v) is 7.38. The van der Waals surface area contributed by atoms with Crippen LogP contribution in [0.3, 0.4) is 0 Å². The summed E-state index contributed by atoms with van der Waals surface area (Å²) in [6.45, 7) is -0.202. The van der Waals surface area contributed by atoms with Gasteiger partial charge in [-0.1, -0.05) is 22.0 Å². The molecule has 3 aromatic rings. The Kier molecular flexibility index (Phi) is 4.99. The summed E-state index contributed by atoms with van der Waals surface area (Å²) in [5.74, 6) is 0.0696. The molecule has 0 N–H and O–H groups in total. The molecule has 138 valence electrons. The van der Waals surface area contributed by atoms with Crippen LogP contribution in [0.25, 0.3) is 11.0 Å². The zero-order valence-electron chi connectivity index (χ0n) is 14.5. The zero-order chi connectivity index (χ0) is 18.8. The maximum absolute atomic E-state index is 12.0. The van der Waals surface area contributed by atoms with Crippen LogP contribution in [0.5, 0.6) is 5.75 Å². The summed E-state index contributed by atoms with van der Waals surface area (Å²) in [4.78, 5) is 23.9. The minimum Gasteiger partial charge on any atom is -0.482 e. The minimum absolute atomic E-state index is 0.00155. The van der Waals surface area contributed by atoms with Gasteiger partial charge in [0.05, 0.1) is 0 Å². The summed E-state index contributed by atoms with van der Waals surface area (Å²) in [6, 6.07) is 12.6. The number of carbonyl (C=O) groups excluding carboxylic acids is 1. The maximum atomic E-state index is 12.0. The van der Waals surface area contributed by atoms with Crippen LogP contribution in [-0.2, 0) is 29.0 Å². The van der Waals surface area contributed by atoms with Crippen molar-refractivity contribution in [1.29, 1.82) is 0 Å². The van der Waals surface area contributed by atoms with Crippen molar-refractivity contribution in [2.45, 2.75) is 25.9 Å². The number of rotatable bonds is 5. The Morgan fingerprint density at radius 1 is 1.11 bits per heavy atom. The largest absolute Gasteiger partial charge is 0.482 e. The van der Waals surface area contributed by atoms with Gasteiger partial charge in [0.25, 0.3) is 0 Å². The fourth-order valence-electron chi connectivity index (χ4n) is 3.31. The van der Waals surface area contributed by atoms with E-state index in [0.29, 0.717) is 16.9 Å². The van der Waals surface area contributed by atoms with Gasteiger partial charge in [-0.05, 0) is 60.7 Å². The summed E-state index contributed by atoms with van der Waals surface area (Å²) >= 11 is 3.35. The van der Waals surface area contributed by atoms with Gasteiger partial charge in [-0.15, -0.1) is 0 Å². The summed E-state index contributed by atoms with van der Waals surface area (Å²) in [7, 11) is 0. The van der Waals surface area contributed by atoms with Gasteiger partial charge in [0, 0.05) is 21.5 Å². The van der Waals surface area contributed by atoms with E-state index in [1.165, 1.54) is 17.2 Å². The third-order valence-electron chi connectivity index (χ3n) is 4.58. The Bertz CT molecular complexity index is 1070. The first-order valence-corrected chi connectivity index (χ1v) is 9.50. The fourth-order valence-corrected chi connectivity index (χ4v) is 3.69. The number of carbonyl (C=O) groups is 1. The van der Waals surface area contributed by atoms with Crippen LogP contribution in [0.2, 0.25) is 0 Å². The quantitative estimate of drug-likeness (QED) is 0.450. The van der Waals surface area contributed by atoms with Crippen molar-refractivity contribution in [3.8, 4) is 5.75 Å². The van der Waals surface area contributed by atoms with E-state index in [4.69, 9.17) is 13.9 Å². The highest BCUT2D eigenvalue weighted by molar-refractivity contribution is 9.10. The molecule has 2 aromatic carbocycles. The third-order valence-corrected chi connectivity index (χ3v) is 5.08. The number of ether oxygens (including phenoxy) is 2. The molecule has 0 saturated carbocycles. The minimum atomic E-state index is -0.502. The summed E-state index contributed by atoms with van der Waals surface area (Å²) in [5.41, 5.74) is 3.23. The lowest BCUT2D eigenvalue weighted by atomic mass is 10.0. The van der Waals surface area contributed by atoms with Crippen LogP contribution in [0.1, 0.15) is 23.1 Å². The molecule has 0 radical (unpaired) electrons. The molecule has 4 rings (SSSR count). The number of benzene rings is 2. The van der Waals surface area contributed by atoms with E-state index in [1.807, 2.05) is 24.3 Å². The van der Waals surface area contributed by atoms with E-state index >= 15 is 0 Å². The van der Waals surface area contributed by atoms with Gasteiger partial charge in [0.15, 0.2) is 6.61 Å². The number of halogens is 1. The van der Waals surface area contributed by atoms with Crippen molar-refractivity contribution in [2.75, 3.05) is 6.61 Å². The third kappa shape index (κ3) is 4.06. The topological polar surface area (TPSA) is 65.7 Å². The van der Waals surface area contributed by atoms with Gasteiger partial charge in [-0.2, -0.15) is 0 Å². The second kappa shape index (κ2) is 7.56. The molecule has 0 spiro atoms. The van der Waals surface area contributed by atoms with Crippen molar-refractivity contribution in [3.63, 3.8) is 0 Å². The molecule has 0 unspecified atom stereocenters. The highest BCUT2D eigenvalue weighted by Gasteiger charge is 2.16. The first-order valence-electron chi connectivity index (χ1n) is 8.71. The van der Waals surface area contributed by atoms with Crippen molar-refractivity contribution in [1.82, 2.24) is 0 Å². The summed E-state index contributed by atoms with van der Waals surface area (Å²) in [5, 5.41) is 0.816. The fraction of sp³-hybridized carbons (Fsp3) is 0.238. The van der Waals surface area contributed by atoms with Gasteiger partial charge in [-0.25, -0.2) is 9.59 Å². The molecule has 1 aromatic heterocycles. The van der Waals surface area contributed by atoms with E-state index in [-0.39, 0.29) is 13.2 Å². The van der Waals surface area contributed by atoms with Gasteiger partial charge >= 0.3 is 11.6 Å². The molecule has 0 aliphatic heterocycles. The van der Waals surface area contributed by atoms with E-state index < -0.39 is 11.6 Å². The number of fused-ring (bicyclic) bond motifs is 2. The van der Waals surface area contributed by atoms with Crippen molar-refractivity contribution >= 4 is 32.9 Å². The molecule has 27 heavy (non-hydrogen) atoms. The maximum Gasteiger partial charge on any atom is 0.344 e. The zero-order valence-corrected chi connectivity index (χ0v) is 16.1. The summed E-state index contributed by atoms with van der Waals surface area (Å²) in [6.07, 6.45) is 3.12. The smallest absolute Gasteiger partial charge is 0.344 e. The lowest BCUT2D eigenvalue weighted by molar-refractivity contribution is -0.147. The normalized spacial score (nSPS) is 12.8. The second-order valence-electron chi connectivity index (χ2n) is 6.47. The van der Waals surface area contributed by atoms with E-state index in [9.17, 15) is 9.59 Å². The highest BCUT2D eigenvalue weighted by Crippen LogP contribution is 2.28. The number of hydrogen-bond donors (Lipinski definition) is 0. The van der Waals surface area contributed by atoms with Crippen LogP contribution in [0.4, 0.5) is 0 Å². The molecule has 1 aliphatic rings. The lowest BCUT2D eigenvalue weighted by Crippen LogP contribution is -2.15. The van der Waals surface area contributed by atoms with E-state index in [1.54, 1.807) is 12.1 Å². The Morgan fingerprint density at radius 3 is 2.74 bits per heavy atom. The van der Waals surface area contributed by atoms with Crippen LogP contribution in [-0.4, -0.2) is 12.6 Å². The van der Waals surface area contributed by atoms with Crippen molar-refractivity contribution in [2.24, 2.45) is 0 Å². The molecule has 0 atom stereocenters. The molecule has 5 nitrogen and oxygen atoms in total. The molecule has 0 bridgehead atoms. The first kappa shape index (κ1) is 17.8. The van der Waals surface area contributed by atoms with Crippen molar-refractivity contribution < 1.29 is 18.7 Å². The molecule has 1 heterocycles. The number of hydrogen-bond acceptors (Lipinski definition) is 5. The number of esters is 1. The van der Waals surface area contributed by atoms with Crippen LogP contribution < -0.4 is 10.4 Å². The van der Waals surface area contributed by atoms with Gasteiger partial charge in [0.1, 0.15) is 17.9 Å². The Hall–Kier alpha value is -2.60. The standard InChI is InChI=1S/C21H17BrO5/c22-16-5-2-6-17(10-16)25-12-21(24)26-11-15-9-20(23)27-19-8-14-4-1-3-13(14)7-18(15)19/h2,5-10H,1,3-4,11-12H2. The van der Waals surface area contributed by atoms with E-state index in [0.717, 1.165) is 29.1 Å².